The molecule has 0 bridgehead atoms. The molecule has 1 aromatic carbocycles. The third-order valence-electron chi connectivity index (χ3n) is 3.60. The summed E-state index contributed by atoms with van der Waals surface area (Å²) in [6.45, 7) is 0.545. The van der Waals surface area contributed by atoms with E-state index in [2.05, 4.69) is 10.5 Å². The van der Waals surface area contributed by atoms with E-state index in [4.69, 9.17) is 8.94 Å². The van der Waals surface area contributed by atoms with Crippen molar-refractivity contribution < 1.29 is 18.1 Å². The molecule has 3 rings (SSSR count). The lowest BCUT2D eigenvalue weighted by atomic mass is 10.1. The molecule has 0 fully saturated rings. The minimum atomic E-state index is -0.279. The first-order valence-electron chi connectivity index (χ1n) is 7.75. The summed E-state index contributed by atoms with van der Waals surface area (Å²) in [5.41, 5.74) is 1.31. The molecule has 0 aliphatic heterocycles. The summed E-state index contributed by atoms with van der Waals surface area (Å²) < 4.78 is 23.1. The average Bonchev–Trinajstić information content (AvgIpc) is 3.27. The van der Waals surface area contributed by atoms with Crippen LogP contribution in [-0.4, -0.2) is 17.6 Å². The van der Waals surface area contributed by atoms with Crippen LogP contribution < -0.4 is 5.32 Å². The third kappa shape index (κ3) is 4.10. The Hall–Kier alpha value is -2.89. The topological polar surface area (TPSA) is 68.3 Å². The van der Waals surface area contributed by atoms with E-state index >= 15 is 0 Å². The first-order chi connectivity index (χ1) is 11.7. The third-order valence-corrected chi connectivity index (χ3v) is 3.60. The van der Waals surface area contributed by atoms with E-state index in [0.29, 0.717) is 18.1 Å². The molecule has 124 valence electrons. The van der Waals surface area contributed by atoms with Gasteiger partial charge in [-0.1, -0.05) is 17.3 Å². The van der Waals surface area contributed by atoms with Crippen molar-refractivity contribution in [3.05, 3.63) is 65.8 Å². The maximum Gasteiger partial charge on any atom is 0.273 e. The predicted molar refractivity (Wildman–Crippen MR) is 85.9 cm³/mol. The molecule has 6 heteroatoms. The Bertz CT molecular complexity index is 779. The van der Waals surface area contributed by atoms with Gasteiger partial charge in [0.1, 0.15) is 5.82 Å². The number of unbranched alkanes of at least 4 members (excludes halogenated alkanes) is 1. The van der Waals surface area contributed by atoms with Gasteiger partial charge < -0.3 is 14.3 Å². The van der Waals surface area contributed by atoms with Gasteiger partial charge in [-0.15, -0.1) is 0 Å². The van der Waals surface area contributed by atoms with Crippen molar-refractivity contribution in [1.82, 2.24) is 10.5 Å². The molecular formula is C18H17FN2O3. The summed E-state index contributed by atoms with van der Waals surface area (Å²) in [5, 5.41) is 6.55. The molecule has 1 amide bonds. The zero-order valence-electron chi connectivity index (χ0n) is 13.0. The molecule has 1 N–H and O–H groups in total. The monoisotopic (exact) mass is 328 g/mol. The number of rotatable bonds is 7. The highest BCUT2D eigenvalue weighted by Gasteiger charge is 2.14. The van der Waals surface area contributed by atoms with Crippen molar-refractivity contribution in [3.8, 4) is 11.5 Å². The second-order valence-electron chi connectivity index (χ2n) is 5.39. The van der Waals surface area contributed by atoms with E-state index in [1.54, 1.807) is 30.3 Å². The van der Waals surface area contributed by atoms with Crippen LogP contribution in [0.5, 0.6) is 0 Å². The number of carbonyl (C=O) groups is 1. The summed E-state index contributed by atoms with van der Waals surface area (Å²) in [7, 11) is 0. The lowest BCUT2D eigenvalue weighted by Gasteiger charge is -2.03. The lowest BCUT2D eigenvalue weighted by molar-refractivity contribution is 0.0944. The van der Waals surface area contributed by atoms with Gasteiger partial charge in [-0.25, -0.2) is 4.39 Å². The van der Waals surface area contributed by atoms with Crippen molar-refractivity contribution in [2.24, 2.45) is 0 Å². The molecule has 5 nitrogen and oxygen atoms in total. The van der Waals surface area contributed by atoms with Gasteiger partial charge in [-0.3, -0.25) is 4.79 Å². The number of nitrogens with zero attached hydrogens (tertiary/aromatic N) is 1. The first kappa shape index (κ1) is 16.0. The fourth-order valence-corrected chi connectivity index (χ4v) is 2.31. The highest BCUT2D eigenvalue weighted by molar-refractivity contribution is 5.92. The second-order valence-corrected chi connectivity index (χ2v) is 5.39. The molecule has 0 aliphatic carbocycles. The van der Waals surface area contributed by atoms with Crippen LogP contribution in [0.15, 0.2) is 57.7 Å². The van der Waals surface area contributed by atoms with Crippen LogP contribution in [0.25, 0.3) is 11.5 Å². The molecule has 0 unspecified atom stereocenters. The molecule has 24 heavy (non-hydrogen) atoms. The lowest BCUT2D eigenvalue weighted by Crippen LogP contribution is -2.24. The van der Waals surface area contributed by atoms with Gasteiger partial charge in [0.2, 0.25) is 5.76 Å². The smallest absolute Gasteiger partial charge is 0.273 e. The molecule has 0 atom stereocenters. The number of carbonyl (C=O) groups excluding carboxylic acids is 1. The van der Waals surface area contributed by atoms with Crippen molar-refractivity contribution in [3.63, 3.8) is 0 Å². The van der Waals surface area contributed by atoms with E-state index in [0.717, 1.165) is 24.8 Å². The number of halogens is 1. The molecule has 2 heterocycles. The largest absolute Gasteiger partial charge is 0.461 e. The van der Waals surface area contributed by atoms with E-state index in [-0.39, 0.29) is 17.4 Å². The zero-order valence-corrected chi connectivity index (χ0v) is 13.0. The summed E-state index contributed by atoms with van der Waals surface area (Å²) in [6.07, 6.45) is 4.11. The number of furan rings is 1. The number of hydrogen-bond acceptors (Lipinski definition) is 4. The highest BCUT2D eigenvalue weighted by Crippen LogP contribution is 2.20. The first-order valence-corrected chi connectivity index (χ1v) is 7.75. The van der Waals surface area contributed by atoms with Gasteiger partial charge in [-0.2, -0.15) is 0 Å². The van der Waals surface area contributed by atoms with Gasteiger partial charge in [0, 0.05) is 12.6 Å². The van der Waals surface area contributed by atoms with Crippen LogP contribution >= 0.6 is 0 Å². The zero-order chi connectivity index (χ0) is 16.8. The fraction of sp³-hybridized carbons (Fsp3) is 0.222. The number of aryl methyl sites for hydroxylation is 1. The Kier molecular flexibility index (Phi) is 5.05. The molecule has 0 spiro atoms. The van der Waals surface area contributed by atoms with Crippen molar-refractivity contribution >= 4 is 5.91 Å². The average molecular weight is 328 g/mol. The van der Waals surface area contributed by atoms with Crippen molar-refractivity contribution in [2.45, 2.75) is 19.3 Å². The van der Waals surface area contributed by atoms with Gasteiger partial charge in [0.05, 0.1) is 6.26 Å². The number of aromatic nitrogens is 1. The SMILES string of the molecule is O=C(NCCCCc1ccc(F)cc1)c1cc(-c2ccco2)on1. The van der Waals surface area contributed by atoms with E-state index in [1.165, 1.54) is 18.4 Å². The van der Waals surface area contributed by atoms with Crippen molar-refractivity contribution in [1.29, 1.82) is 0 Å². The molecular weight excluding hydrogens is 311 g/mol. The van der Waals surface area contributed by atoms with Crippen LogP contribution in [-0.2, 0) is 6.42 Å². The van der Waals surface area contributed by atoms with Crippen LogP contribution in [0.3, 0.4) is 0 Å². The molecule has 3 aromatic rings. The number of nitrogens with one attached hydrogen (secondary N) is 1. The summed E-state index contributed by atoms with van der Waals surface area (Å²) in [5.74, 6) is 0.438. The van der Waals surface area contributed by atoms with E-state index in [9.17, 15) is 9.18 Å². The van der Waals surface area contributed by atoms with Crippen LogP contribution in [0.2, 0.25) is 0 Å². The molecule has 0 saturated heterocycles. The minimum absolute atomic E-state index is 0.222. The fourth-order valence-electron chi connectivity index (χ4n) is 2.31. The van der Waals surface area contributed by atoms with Crippen LogP contribution in [0.1, 0.15) is 28.9 Å². The Labute approximate surface area is 138 Å². The second kappa shape index (κ2) is 7.59. The Balaban J connectivity index is 1.40. The van der Waals surface area contributed by atoms with E-state index < -0.39 is 0 Å². The molecule has 0 saturated carbocycles. The maximum atomic E-state index is 12.8. The van der Waals surface area contributed by atoms with Gasteiger partial charge in [0.15, 0.2) is 11.5 Å². The quantitative estimate of drug-likeness (QED) is 0.669. The Morgan fingerprint density at radius 2 is 1.96 bits per heavy atom. The molecule has 0 radical (unpaired) electrons. The molecule has 2 aromatic heterocycles. The number of benzene rings is 1. The van der Waals surface area contributed by atoms with Gasteiger partial charge >= 0.3 is 0 Å². The highest BCUT2D eigenvalue weighted by atomic mass is 19.1. The Morgan fingerprint density at radius 1 is 1.12 bits per heavy atom. The normalized spacial score (nSPS) is 10.7. The standard InChI is InChI=1S/C18H17FN2O3/c19-14-8-6-13(7-9-14)4-1-2-10-20-18(22)15-12-17(24-21-15)16-5-3-11-23-16/h3,5-9,11-12H,1-2,4,10H2,(H,20,22). The van der Waals surface area contributed by atoms with Gasteiger partial charge in [-0.05, 0) is 49.1 Å². The number of hydrogen-bond donors (Lipinski definition) is 1. The van der Waals surface area contributed by atoms with Crippen LogP contribution in [0, 0.1) is 5.82 Å². The number of amides is 1. The summed E-state index contributed by atoms with van der Waals surface area (Å²) >= 11 is 0. The summed E-state index contributed by atoms with van der Waals surface area (Å²) in [4.78, 5) is 12.0. The van der Waals surface area contributed by atoms with Gasteiger partial charge in [0.25, 0.3) is 5.91 Å². The van der Waals surface area contributed by atoms with E-state index in [1.807, 2.05) is 0 Å². The minimum Gasteiger partial charge on any atom is -0.461 e. The predicted octanol–water partition coefficient (Wildman–Crippen LogP) is 3.83. The van der Waals surface area contributed by atoms with Crippen molar-refractivity contribution in [2.75, 3.05) is 6.54 Å². The molecule has 0 aliphatic rings. The summed E-state index contributed by atoms with van der Waals surface area (Å²) in [6, 6.07) is 11.5. The maximum absolute atomic E-state index is 12.8. The Morgan fingerprint density at radius 3 is 2.71 bits per heavy atom. The van der Waals surface area contributed by atoms with Crippen LogP contribution in [0.4, 0.5) is 4.39 Å².